The molecule has 0 fully saturated rings. The first-order chi connectivity index (χ1) is 5.15. The highest BCUT2D eigenvalue weighted by molar-refractivity contribution is 9.10. The summed E-state index contributed by atoms with van der Waals surface area (Å²) in [5.74, 6) is 0.0825. The van der Waals surface area contributed by atoms with Crippen molar-refractivity contribution < 1.29 is 10.2 Å². The molecule has 1 aromatic carbocycles. The van der Waals surface area contributed by atoms with Gasteiger partial charge >= 0.3 is 0 Å². The molecule has 0 aliphatic heterocycles. The number of phenolic OH excluding ortho intramolecular Hbond substituents is 1. The first-order valence-corrected chi connectivity index (χ1v) is 4.10. The molecule has 0 heterocycles. The molecular weight excluding hydrogens is 231 g/mol. The Bertz CT molecular complexity index is 252. The molecule has 0 saturated heterocycles. The highest BCUT2D eigenvalue weighted by atomic mass is 79.9. The largest absolute Gasteiger partial charge is 0.508 e. The Morgan fingerprint density at radius 1 is 1.45 bits per heavy atom. The molecule has 11 heavy (non-hydrogen) atoms. The van der Waals surface area contributed by atoms with E-state index >= 15 is 0 Å². The van der Waals surface area contributed by atoms with Gasteiger partial charge in [0.05, 0.1) is 11.6 Å². The number of phenols is 1. The van der Waals surface area contributed by atoms with Crippen molar-refractivity contribution in [2.75, 3.05) is 0 Å². The van der Waals surface area contributed by atoms with Crippen LogP contribution in [0.2, 0.25) is 5.02 Å². The van der Waals surface area contributed by atoms with Crippen LogP contribution in [-0.2, 0) is 6.61 Å². The summed E-state index contributed by atoms with van der Waals surface area (Å²) in [7, 11) is 0. The molecular formula is C7H6BrClO2. The lowest BCUT2D eigenvalue weighted by Crippen LogP contribution is -1.86. The summed E-state index contributed by atoms with van der Waals surface area (Å²) in [6.07, 6.45) is 0. The van der Waals surface area contributed by atoms with Crippen LogP contribution < -0.4 is 0 Å². The zero-order valence-electron chi connectivity index (χ0n) is 5.51. The van der Waals surface area contributed by atoms with Gasteiger partial charge in [-0.3, -0.25) is 0 Å². The van der Waals surface area contributed by atoms with Gasteiger partial charge in [-0.2, -0.15) is 0 Å². The minimum absolute atomic E-state index is 0.0825. The van der Waals surface area contributed by atoms with Crippen molar-refractivity contribution in [1.29, 1.82) is 0 Å². The van der Waals surface area contributed by atoms with Gasteiger partial charge < -0.3 is 10.2 Å². The molecule has 0 aliphatic rings. The van der Waals surface area contributed by atoms with Gasteiger partial charge in [0.2, 0.25) is 0 Å². The molecule has 4 heteroatoms. The minimum atomic E-state index is -0.139. The molecule has 2 nitrogen and oxygen atoms in total. The van der Waals surface area contributed by atoms with Gasteiger partial charge in [0.25, 0.3) is 0 Å². The topological polar surface area (TPSA) is 40.5 Å². The smallest absolute Gasteiger partial charge is 0.118 e. The van der Waals surface area contributed by atoms with Gasteiger partial charge in [0.1, 0.15) is 5.75 Å². The van der Waals surface area contributed by atoms with Crippen LogP contribution in [0, 0.1) is 0 Å². The molecule has 0 aromatic heterocycles. The van der Waals surface area contributed by atoms with Crippen molar-refractivity contribution in [2.45, 2.75) is 6.61 Å². The Kier molecular flexibility index (Phi) is 2.76. The predicted molar refractivity (Wildman–Crippen MR) is 46.7 cm³/mol. The second-order valence-electron chi connectivity index (χ2n) is 2.05. The Balaban J connectivity index is 3.25. The average molecular weight is 237 g/mol. The third-order valence-corrected chi connectivity index (χ3v) is 2.33. The fourth-order valence-corrected chi connectivity index (χ4v) is 1.70. The van der Waals surface area contributed by atoms with Crippen molar-refractivity contribution in [2.24, 2.45) is 0 Å². The lowest BCUT2D eigenvalue weighted by atomic mass is 10.2. The van der Waals surface area contributed by atoms with Crippen LogP contribution >= 0.6 is 27.5 Å². The van der Waals surface area contributed by atoms with Gasteiger partial charge in [-0.05, 0) is 12.1 Å². The highest BCUT2D eigenvalue weighted by Gasteiger charge is 2.05. The fraction of sp³-hybridized carbons (Fsp3) is 0.143. The maximum atomic E-state index is 9.02. The number of aromatic hydroxyl groups is 1. The zero-order valence-corrected chi connectivity index (χ0v) is 7.85. The summed E-state index contributed by atoms with van der Waals surface area (Å²) in [6.45, 7) is -0.139. The number of aliphatic hydroxyl groups is 1. The van der Waals surface area contributed by atoms with Crippen LogP contribution in [-0.4, -0.2) is 10.2 Å². The SMILES string of the molecule is OCc1c(Cl)cc(O)cc1Br. The average Bonchev–Trinajstić information content (AvgIpc) is 1.85. The summed E-state index contributed by atoms with van der Waals surface area (Å²) < 4.78 is 0.616. The normalized spacial score (nSPS) is 10.1. The third-order valence-electron chi connectivity index (χ3n) is 1.28. The first-order valence-electron chi connectivity index (χ1n) is 2.93. The van der Waals surface area contributed by atoms with E-state index in [0.29, 0.717) is 15.1 Å². The monoisotopic (exact) mass is 236 g/mol. The lowest BCUT2D eigenvalue weighted by molar-refractivity contribution is 0.281. The molecule has 1 aromatic rings. The van der Waals surface area contributed by atoms with E-state index in [2.05, 4.69) is 15.9 Å². The van der Waals surface area contributed by atoms with Crippen molar-refractivity contribution >= 4 is 27.5 Å². The van der Waals surface area contributed by atoms with Crippen LogP contribution in [0.15, 0.2) is 16.6 Å². The maximum Gasteiger partial charge on any atom is 0.118 e. The van der Waals surface area contributed by atoms with E-state index in [1.165, 1.54) is 12.1 Å². The van der Waals surface area contributed by atoms with E-state index in [1.54, 1.807) is 0 Å². The van der Waals surface area contributed by atoms with Crippen molar-refractivity contribution in [1.82, 2.24) is 0 Å². The molecule has 1 rings (SSSR count). The maximum absolute atomic E-state index is 9.02. The fourth-order valence-electron chi connectivity index (χ4n) is 0.741. The van der Waals surface area contributed by atoms with Crippen molar-refractivity contribution in [3.05, 3.63) is 27.2 Å². The van der Waals surface area contributed by atoms with Crippen LogP contribution in [0.1, 0.15) is 5.56 Å². The molecule has 0 radical (unpaired) electrons. The Morgan fingerprint density at radius 2 is 2.09 bits per heavy atom. The van der Waals surface area contributed by atoms with Crippen LogP contribution in [0.3, 0.4) is 0 Å². The van der Waals surface area contributed by atoms with Crippen molar-refractivity contribution in [3.8, 4) is 5.75 Å². The quantitative estimate of drug-likeness (QED) is 0.787. The molecule has 0 bridgehead atoms. The summed E-state index contributed by atoms with van der Waals surface area (Å²) in [4.78, 5) is 0. The molecule has 60 valence electrons. The number of aliphatic hydroxyl groups excluding tert-OH is 1. The molecule has 0 aliphatic carbocycles. The van der Waals surface area contributed by atoms with Crippen molar-refractivity contribution in [3.63, 3.8) is 0 Å². The lowest BCUT2D eigenvalue weighted by Gasteiger charge is -2.03. The van der Waals surface area contributed by atoms with Crippen LogP contribution in [0.4, 0.5) is 0 Å². The second-order valence-corrected chi connectivity index (χ2v) is 3.31. The predicted octanol–water partition coefficient (Wildman–Crippen LogP) is 2.30. The summed E-state index contributed by atoms with van der Waals surface area (Å²) in [5.41, 5.74) is 0.587. The summed E-state index contributed by atoms with van der Waals surface area (Å²) in [5, 5.41) is 18.2. The molecule has 0 spiro atoms. The second kappa shape index (κ2) is 3.43. The first kappa shape index (κ1) is 8.84. The third kappa shape index (κ3) is 1.86. The molecule has 0 unspecified atom stereocenters. The number of halogens is 2. The van der Waals surface area contributed by atoms with Crippen LogP contribution in [0.5, 0.6) is 5.75 Å². The van der Waals surface area contributed by atoms with E-state index in [1.807, 2.05) is 0 Å². The summed E-state index contributed by atoms with van der Waals surface area (Å²) >= 11 is 8.84. The number of hydrogen-bond donors (Lipinski definition) is 2. The van der Waals surface area contributed by atoms with Gasteiger partial charge in [0, 0.05) is 10.0 Å². The number of rotatable bonds is 1. The molecule has 0 amide bonds. The molecule has 0 saturated carbocycles. The zero-order chi connectivity index (χ0) is 8.43. The number of benzene rings is 1. The van der Waals surface area contributed by atoms with E-state index in [4.69, 9.17) is 21.8 Å². The van der Waals surface area contributed by atoms with Gasteiger partial charge in [0.15, 0.2) is 0 Å². The minimum Gasteiger partial charge on any atom is -0.508 e. The highest BCUT2D eigenvalue weighted by Crippen LogP contribution is 2.29. The van der Waals surface area contributed by atoms with Gasteiger partial charge in [-0.1, -0.05) is 27.5 Å². The van der Waals surface area contributed by atoms with Gasteiger partial charge in [-0.15, -0.1) is 0 Å². The summed E-state index contributed by atoms with van der Waals surface area (Å²) in [6, 6.07) is 2.87. The van der Waals surface area contributed by atoms with E-state index < -0.39 is 0 Å². The Labute approximate surface area is 77.6 Å². The molecule has 0 atom stereocenters. The number of hydrogen-bond acceptors (Lipinski definition) is 2. The Hall–Kier alpha value is -0.250. The molecule has 2 N–H and O–H groups in total. The standard InChI is InChI=1S/C7H6BrClO2/c8-6-1-4(11)2-7(9)5(6)3-10/h1-2,10-11H,3H2. The van der Waals surface area contributed by atoms with Gasteiger partial charge in [-0.25, -0.2) is 0 Å². The van der Waals surface area contributed by atoms with Crippen LogP contribution in [0.25, 0.3) is 0 Å². The Morgan fingerprint density at radius 3 is 2.55 bits per heavy atom. The van der Waals surface area contributed by atoms with E-state index in [-0.39, 0.29) is 12.4 Å². The van der Waals surface area contributed by atoms with E-state index in [9.17, 15) is 0 Å². The van der Waals surface area contributed by atoms with E-state index in [0.717, 1.165) is 0 Å².